The van der Waals surface area contributed by atoms with Crippen molar-refractivity contribution in [3.05, 3.63) is 43.8 Å². The van der Waals surface area contributed by atoms with E-state index >= 15 is 0 Å². The van der Waals surface area contributed by atoms with Crippen LogP contribution in [0.2, 0.25) is 0 Å². The van der Waals surface area contributed by atoms with E-state index in [9.17, 15) is 5.11 Å². The Morgan fingerprint density at radius 3 is 2.74 bits per heavy atom. The average molecular weight is 342 g/mol. The molecule has 1 N–H and O–H groups in total. The van der Waals surface area contributed by atoms with Crippen molar-refractivity contribution in [2.75, 3.05) is 0 Å². The maximum Gasteiger partial charge on any atom is 0.140 e. The van der Waals surface area contributed by atoms with E-state index < -0.39 is 6.10 Å². The van der Waals surface area contributed by atoms with E-state index in [1.165, 1.54) is 4.88 Å². The van der Waals surface area contributed by atoms with Crippen LogP contribution < -0.4 is 4.74 Å². The van der Waals surface area contributed by atoms with Crippen molar-refractivity contribution < 1.29 is 9.84 Å². The van der Waals surface area contributed by atoms with Gasteiger partial charge >= 0.3 is 0 Å². The number of rotatable bonds is 4. The van der Waals surface area contributed by atoms with Gasteiger partial charge in [-0.3, -0.25) is 0 Å². The van der Waals surface area contributed by atoms with Gasteiger partial charge in [-0.25, -0.2) is 4.98 Å². The number of aliphatic hydroxyl groups is 1. The second kappa shape index (κ2) is 6.03. The molecule has 2 aromatic rings. The Kier molecular flexibility index (Phi) is 4.60. The smallest absolute Gasteiger partial charge is 0.140 e. The van der Waals surface area contributed by atoms with Gasteiger partial charge in [0, 0.05) is 14.9 Å². The molecule has 0 aliphatic carbocycles. The quantitative estimate of drug-likeness (QED) is 0.907. The van der Waals surface area contributed by atoms with E-state index in [1.807, 2.05) is 25.1 Å². The summed E-state index contributed by atoms with van der Waals surface area (Å²) in [6.45, 7) is 6.20. The van der Waals surface area contributed by atoms with Crippen molar-refractivity contribution >= 4 is 27.3 Å². The molecule has 1 aromatic carbocycles. The Morgan fingerprint density at radius 2 is 2.16 bits per heavy atom. The molecule has 1 aromatic heterocycles. The molecular formula is C14H16BrNO2S. The summed E-state index contributed by atoms with van der Waals surface area (Å²) in [4.78, 5) is 5.65. The first-order valence-corrected chi connectivity index (χ1v) is 7.61. The third-order valence-corrected chi connectivity index (χ3v) is 4.39. The van der Waals surface area contributed by atoms with Crippen molar-refractivity contribution in [1.29, 1.82) is 0 Å². The largest absolute Gasteiger partial charge is 0.486 e. The molecule has 0 amide bonds. The SMILES string of the molecule is Cc1nc(COc2cc(Br)ccc2[C@H](C)O)sc1C. The molecule has 0 unspecified atom stereocenters. The summed E-state index contributed by atoms with van der Waals surface area (Å²) in [6.07, 6.45) is -0.553. The number of aliphatic hydroxyl groups excluding tert-OH is 1. The predicted octanol–water partition coefficient (Wildman–Crippen LogP) is 4.15. The minimum absolute atomic E-state index is 0.426. The molecule has 0 fully saturated rings. The molecule has 102 valence electrons. The molecule has 5 heteroatoms. The molecule has 0 aliphatic heterocycles. The van der Waals surface area contributed by atoms with Gasteiger partial charge in [0.2, 0.25) is 0 Å². The second-order valence-electron chi connectivity index (χ2n) is 4.40. The normalized spacial score (nSPS) is 12.5. The van der Waals surface area contributed by atoms with E-state index in [2.05, 4.69) is 27.8 Å². The van der Waals surface area contributed by atoms with Crippen LogP contribution in [-0.2, 0) is 6.61 Å². The Balaban J connectivity index is 2.16. The number of halogens is 1. The van der Waals surface area contributed by atoms with Crippen molar-refractivity contribution in [2.24, 2.45) is 0 Å². The lowest BCUT2D eigenvalue weighted by molar-refractivity contribution is 0.190. The lowest BCUT2D eigenvalue weighted by atomic mass is 10.1. The van der Waals surface area contributed by atoms with Crippen LogP contribution in [0.25, 0.3) is 0 Å². The van der Waals surface area contributed by atoms with Crippen LogP contribution in [0.15, 0.2) is 22.7 Å². The zero-order valence-electron chi connectivity index (χ0n) is 11.1. The Morgan fingerprint density at radius 1 is 1.42 bits per heavy atom. The molecule has 1 atom stereocenters. The third kappa shape index (κ3) is 3.55. The number of thiazole rings is 1. The first kappa shape index (κ1) is 14.5. The molecule has 2 rings (SSSR count). The maximum atomic E-state index is 9.73. The summed E-state index contributed by atoms with van der Waals surface area (Å²) in [6, 6.07) is 5.63. The highest BCUT2D eigenvalue weighted by molar-refractivity contribution is 9.10. The van der Waals surface area contributed by atoms with Crippen LogP contribution >= 0.6 is 27.3 Å². The lowest BCUT2D eigenvalue weighted by Gasteiger charge is -2.13. The molecule has 0 spiro atoms. The van der Waals surface area contributed by atoms with Crippen LogP contribution in [0.1, 0.15) is 34.2 Å². The van der Waals surface area contributed by atoms with Crippen molar-refractivity contribution in [2.45, 2.75) is 33.5 Å². The van der Waals surface area contributed by atoms with Crippen LogP contribution in [0.4, 0.5) is 0 Å². The summed E-state index contributed by atoms with van der Waals surface area (Å²) in [5, 5.41) is 10.7. The highest BCUT2D eigenvalue weighted by Gasteiger charge is 2.11. The van der Waals surface area contributed by atoms with Gasteiger partial charge in [-0.1, -0.05) is 22.0 Å². The third-order valence-electron chi connectivity index (χ3n) is 2.85. The average Bonchev–Trinajstić information content (AvgIpc) is 2.66. The van der Waals surface area contributed by atoms with Gasteiger partial charge < -0.3 is 9.84 Å². The molecule has 0 radical (unpaired) electrons. The van der Waals surface area contributed by atoms with Crippen molar-refractivity contribution in [1.82, 2.24) is 4.98 Å². The topological polar surface area (TPSA) is 42.4 Å². The highest BCUT2D eigenvalue weighted by Crippen LogP contribution is 2.29. The van der Waals surface area contributed by atoms with E-state index in [0.29, 0.717) is 12.4 Å². The molecule has 1 heterocycles. The minimum Gasteiger partial charge on any atom is -0.486 e. The van der Waals surface area contributed by atoms with Crippen LogP contribution in [0.3, 0.4) is 0 Å². The lowest BCUT2D eigenvalue weighted by Crippen LogP contribution is -2.01. The molecular weight excluding hydrogens is 326 g/mol. The molecule has 0 aliphatic rings. The number of ether oxygens (including phenoxy) is 1. The summed E-state index contributed by atoms with van der Waals surface area (Å²) >= 11 is 5.05. The number of aryl methyl sites for hydroxylation is 2. The molecule has 3 nitrogen and oxygen atoms in total. The first-order chi connectivity index (χ1) is 8.97. The number of hydrogen-bond donors (Lipinski definition) is 1. The fourth-order valence-corrected chi connectivity index (χ4v) is 2.91. The van der Waals surface area contributed by atoms with Crippen LogP contribution in [-0.4, -0.2) is 10.1 Å². The summed E-state index contributed by atoms with van der Waals surface area (Å²) in [5.41, 5.74) is 1.83. The fourth-order valence-electron chi connectivity index (χ4n) is 1.72. The predicted molar refractivity (Wildman–Crippen MR) is 80.7 cm³/mol. The van der Waals surface area contributed by atoms with Gasteiger partial charge in [-0.05, 0) is 32.9 Å². The van der Waals surface area contributed by atoms with E-state index in [4.69, 9.17) is 4.74 Å². The molecule has 0 saturated carbocycles. The van der Waals surface area contributed by atoms with E-state index in [-0.39, 0.29) is 0 Å². The standard InChI is InChI=1S/C14H16BrNO2S/c1-8-10(3)19-14(16-8)7-18-13-6-11(15)4-5-12(13)9(2)17/h4-6,9,17H,7H2,1-3H3/t9-/m0/s1. The number of aromatic nitrogens is 1. The van der Waals surface area contributed by atoms with Crippen molar-refractivity contribution in [3.8, 4) is 5.75 Å². The first-order valence-electron chi connectivity index (χ1n) is 6.00. The van der Waals surface area contributed by atoms with Gasteiger partial charge in [0.1, 0.15) is 17.4 Å². The summed E-state index contributed by atoms with van der Waals surface area (Å²) < 4.78 is 6.72. The zero-order valence-corrected chi connectivity index (χ0v) is 13.5. The molecule has 0 saturated heterocycles. The van der Waals surface area contributed by atoms with E-state index in [1.54, 1.807) is 18.3 Å². The van der Waals surface area contributed by atoms with Crippen LogP contribution in [0.5, 0.6) is 5.75 Å². The van der Waals surface area contributed by atoms with Crippen molar-refractivity contribution in [3.63, 3.8) is 0 Å². The van der Waals surface area contributed by atoms with Gasteiger partial charge in [-0.2, -0.15) is 0 Å². The maximum absolute atomic E-state index is 9.73. The molecule has 0 bridgehead atoms. The minimum atomic E-state index is -0.553. The number of benzene rings is 1. The Hall–Kier alpha value is -0.910. The van der Waals surface area contributed by atoms with Gasteiger partial charge in [0.05, 0.1) is 11.8 Å². The van der Waals surface area contributed by atoms with Crippen LogP contribution in [0, 0.1) is 13.8 Å². The Labute approximate surface area is 125 Å². The highest BCUT2D eigenvalue weighted by atomic mass is 79.9. The number of hydrogen-bond acceptors (Lipinski definition) is 4. The second-order valence-corrected chi connectivity index (χ2v) is 6.60. The van der Waals surface area contributed by atoms with Gasteiger partial charge in [-0.15, -0.1) is 11.3 Å². The van der Waals surface area contributed by atoms with Gasteiger partial charge in [0.25, 0.3) is 0 Å². The summed E-state index contributed by atoms with van der Waals surface area (Å²) in [5.74, 6) is 0.690. The van der Waals surface area contributed by atoms with E-state index in [0.717, 1.165) is 20.7 Å². The zero-order chi connectivity index (χ0) is 14.0. The molecule has 19 heavy (non-hydrogen) atoms. The monoisotopic (exact) mass is 341 g/mol. The fraction of sp³-hybridized carbons (Fsp3) is 0.357. The number of nitrogens with zero attached hydrogens (tertiary/aromatic N) is 1. The summed E-state index contributed by atoms with van der Waals surface area (Å²) in [7, 11) is 0. The Bertz CT molecular complexity index is 561. The van der Waals surface area contributed by atoms with Gasteiger partial charge in [0.15, 0.2) is 0 Å².